The largest absolute Gasteiger partial charge is 0.496 e. The summed E-state index contributed by atoms with van der Waals surface area (Å²) in [7, 11) is 1.45. The van der Waals surface area contributed by atoms with Crippen molar-refractivity contribution >= 4 is 17.6 Å². The summed E-state index contributed by atoms with van der Waals surface area (Å²) in [4.78, 5) is 23.9. The van der Waals surface area contributed by atoms with Crippen LogP contribution in [0, 0.1) is 5.92 Å². The van der Waals surface area contributed by atoms with Gasteiger partial charge in [-0.15, -0.1) is 0 Å². The van der Waals surface area contributed by atoms with Crippen LogP contribution in [0.15, 0.2) is 18.2 Å². The standard InChI is InChI=1S/C15H22N2O4/c1-9(2)8-17-14(18)10(3)21-15(19)12-7-11(16)5-6-13(12)20-4/h5-7,9-10H,8,16H2,1-4H3,(H,17,18). The van der Waals surface area contributed by atoms with Gasteiger partial charge in [-0.1, -0.05) is 13.8 Å². The number of benzene rings is 1. The van der Waals surface area contributed by atoms with Crippen molar-refractivity contribution in [1.82, 2.24) is 5.32 Å². The summed E-state index contributed by atoms with van der Waals surface area (Å²) < 4.78 is 10.2. The molecule has 1 amide bonds. The van der Waals surface area contributed by atoms with Crippen LogP contribution in [0.1, 0.15) is 31.1 Å². The van der Waals surface area contributed by atoms with E-state index in [4.69, 9.17) is 15.2 Å². The molecule has 6 nitrogen and oxygen atoms in total. The van der Waals surface area contributed by atoms with E-state index in [1.807, 2.05) is 13.8 Å². The van der Waals surface area contributed by atoms with E-state index in [0.29, 0.717) is 23.9 Å². The van der Waals surface area contributed by atoms with Crippen molar-refractivity contribution < 1.29 is 19.1 Å². The first-order valence-corrected chi connectivity index (χ1v) is 6.77. The van der Waals surface area contributed by atoms with Crippen molar-refractivity contribution in [3.8, 4) is 5.75 Å². The van der Waals surface area contributed by atoms with Crippen LogP contribution >= 0.6 is 0 Å². The van der Waals surface area contributed by atoms with Crippen molar-refractivity contribution in [2.45, 2.75) is 26.9 Å². The van der Waals surface area contributed by atoms with Crippen molar-refractivity contribution in [3.63, 3.8) is 0 Å². The monoisotopic (exact) mass is 294 g/mol. The predicted molar refractivity (Wildman–Crippen MR) is 80.1 cm³/mol. The number of hydrogen-bond donors (Lipinski definition) is 2. The maximum atomic E-state index is 12.1. The first-order chi connectivity index (χ1) is 9.85. The fourth-order valence-electron chi connectivity index (χ4n) is 1.61. The van der Waals surface area contributed by atoms with Gasteiger partial charge < -0.3 is 20.5 Å². The lowest BCUT2D eigenvalue weighted by molar-refractivity contribution is -0.129. The molecule has 21 heavy (non-hydrogen) atoms. The van der Waals surface area contributed by atoms with E-state index in [-0.39, 0.29) is 11.5 Å². The van der Waals surface area contributed by atoms with E-state index in [1.54, 1.807) is 12.1 Å². The Hall–Kier alpha value is -2.24. The Kier molecular flexibility index (Phi) is 6.02. The summed E-state index contributed by atoms with van der Waals surface area (Å²) in [5, 5.41) is 2.71. The Morgan fingerprint density at radius 2 is 1.95 bits per heavy atom. The molecule has 1 aromatic rings. The van der Waals surface area contributed by atoms with Gasteiger partial charge in [0.2, 0.25) is 0 Å². The van der Waals surface area contributed by atoms with Gasteiger partial charge in [0.15, 0.2) is 6.10 Å². The first-order valence-electron chi connectivity index (χ1n) is 6.77. The second-order valence-corrected chi connectivity index (χ2v) is 5.15. The van der Waals surface area contributed by atoms with Crippen molar-refractivity contribution in [2.24, 2.45) is 5.92 Å². The molecule has 0 heterocycles. The molecule has 0 bridgehead atoms. The minimum absolute atomic E-state index is 0.195. The van der Waals surface area contributed by atoms with E-state index >= 15 is 0 Å². The van der Waals surface area contributed by atoms with Gasteiger partial charge in [0.25, 0.3) is 5.91 Å². The Balaban J connectivity index is 2.72. The maximum Gasteiger partial charge on any atom is 0.342 e. The van der Waals surface area contributed by atoms with Crippen LogP contribution in [0.3, 0.4) is 0 Å². The summed E-state index contributed by atoms with van der Waals surface area (Å²) >= 11 is 0. The third-order valence-electron chi connectivity index (χ3n) is 2.78. The maximum absolute atomic E-state index is 12.1. The van der Waals surface area contributed by atoms with Gasteiger partial charge in [0, 0.05) is 12.2 Å². The van der Waals surface area contributed by atoms with Crippen LogP contribution < -0.4 is 15.8 Å². The quantitative estimate of drug-likeness (QED) is 0.614. The highest BCUT2D eigenvalue weighted by Crippen LogP contribution is 2.22. The second kappa shape index (κ2) is 7.52. The van der Waals surface area contributed by atoms with Crippen molar-refractivity contribution in [1.29, 1.82) is 0 Å². The molecule has 0 aliphatic rings. The topological polar surface area (TPSA) is 90.7 Å². The molecule has 0 radical (unpaired) electrons. The molecule has 0 aliphatic heterocycles. The lowest BCUT2D eigenvalue weighted by Crippen LogP contribution is -2.37. The molecule has 1 atom stereocenters. The zero-order valence-corrected chi connectivity index (χ0v) is 12.8. The molecule has 0 spiro atoms. The highest BCUT2D eigenvalue weighted by molar-refractivity contribution is 5.95. The number of esters is 1. The van der Waals surface area contributed by atoms with E-state index in [1.165, 1.54) is 20.1 Å². The van der Waals surface area contributed by atoms with Gasteiger partial charge >= 0.3 is 5.97 Å². The lowest BCUT2D eigenvalue weighted by atomic mass is 10.2. The molecule has 3 N–H and O–H groups in total. The van der Waals surface area contributed by atoms with Crippen LogP contribution in [0.4, 0.5) is 5.69 Å². The summed E-state index contributed by atoms with van der Waals surface area (Å²) in [6, 6.07) is 4.66. The number of amides is 1. The first kappa shape index (κ1) is 16.8. The molecule has 0 fully saturated rings. The van der Waals surface area contributed by atoms with Gasteiger partial charge in [-0.3, -0.25) is 4.79 Å². The summed E-state index contributed by atoms with van der Waals surface area (Å²) in [6.45, 7) is 6.01. The summed E-state index contributed by atoms with van der Waals surface area (Å²) in [5.41, 5.74) is 6.26. The van der Waals surface area contributed by atoms with E-state index in [0.717, 1.165) is 0 Å². The Bertz CT molecular complexity index is 514. The SMILES string of the molecule is COc1ccc(N)cc1C(=O)OC(C)C(=O)NCC(C)C. The van der Waals surface area contributed by atoms with E-state index in [2.05, 4.69) is 5.32 Å². The van der Waals surface area contributed by atoms with Crippen LogP contribution in [0.25, 0.3) is 0 Å². The van der Waals surface area contributed by atoms with Gasteiger partial charge in [-0.2, -0.15) is 0 Å². The minimum Gasteiger partial charge on any atom is -0.496 e. The normalized spacial score (nSPS) is 11.9. The number of carbonyl (C=O) groups is 2. The number of rotatable bonds is 6. The van der Waals surface area contributed by atoms with Gasteiger partial charge in [-0.05, 0) is 31.0 Å². The number of nitrogens with one attached hydrogen (secondary N) is 1. The van der Waals surface area contributed by atoms with Crippen LogP contribution in [-0.4, -0.2) is 31.6 Å². The third kappa shape index (κ3) is 4.98. The molecule has 1 aromatic carbocycles. The van der Waals surface area contributed by atoms with Crippen molar-refractivity contribution in [3.05, 3.63) is 23.8 Å². The smallest absolute Gasteiger partial charge is 0.342 e. The molecule has 6 heteroatoms. The molecular weight excluding hydrogens is 272 g/mol. The highest BCUT2D eigenvalue weighted by Gasteiger charge is 2.21. The molecule has 0 aromatic heterocycles. The number of nitrogen functional groups attached to an aromatic ring is 1. The molecule has 116 valence electrons. The highest BCUT2D eigenvalue weighted by atomic mass is 16.5. The number of carbonyl (C=O) groups excluding carboxylic acids is 2. The number of methoxy groups -OCH3 is 1. The van der Waals surface area contributed by atoms with Gasteiger partial charge in [0.05, 0.1) is 7.11 Å². The Labute approximate surface area is 124 Å². The average Bonchev–Trinajstić information content (AvgIpc) is 2.44. The fourth-order valence-corrected chi connectivity index (χ4v) is 1.61. The molecule has 1 rings (SSSR count). The third-order valence-corrected chi connectivity index (χ3v) is 2.78. The summed E-state index contributed by atoms with van der Waals surface area (Å²) in [5.74, 6) is -0.305. The number of anilines is 1. The molecule has 0 aliphatic carbocycles. The Morgan fingerprint density at radius 3 is 2.52 bits per heavy atom. The van der Waals surface area contributed by atoms with Crippen LogP contribution in [-0.2, 0) is 9.53 Å². The molecule has 1 unspecified atom stereocenters. The second-order valence-electron chi connectivity index (χ2n) is 5.15. The Morgan fingerprint density at radius 1 is 1.29 bits per heavy atom. The number of hydrogen-bond acceptors (Lipinski definition) is 5. The van der Waals surface area contributed by atoms with Crippen LogP contribution in [0.2, 0.25) is 0 Å². The van der Waals surface area contributed by atoms with E-state index < -0.39 is 12.1 Å². The molecule has 0 saturated carbocycles. The average molecular weight is 294 g/mol. The number of ether oxygens (including phenoxy) is 2. The van der Waals surface area contributed by atoms with Crippen molar-refractivity contribution in [2.75, 3.05) is 19.4 Å². The van der Waals surface area contributed by atoms with Gasteiger partial charge in [-0.25, -0.2) is 4.79 Å². The minimum atomic E-state index is -0.887. The number of nitrogens with two attached hydrogens (primary N) is 1. The van der Waals surface area contributed by atoms with Gasteiger partial charge in [0.1, 0.15) is 11.3 Å². The van der Waals surface area contributed by atoms with E-state index in [9.17, 15) is 9.59 Å². The molecule has 0 saturated heterocycles. The van der Waals surface area contributed by atoms with Crippen LogP contribution in [0.5, 0.6) is 5.75 Å². The lowest BCUT2D eigenvalue weighted by Gasteiger charge is -2.15. The zero-order chi connectivity index (χ0) is 16.0. The predicted octanol–water partition coefficient (Wildman–Crippen LogP) is 1.59. The summed E-state index contributed by atoms with van der Waals surface area (Å²) in [6.07, 6.45) is -0.887. The zero-order valence-electron chi connectivity index (χ0n) is 12.8. The fraction of sp³-hybridized carbons (Fsp3) is 0.467. The molecular formula is C15H22N2O4.